The van der Waals surface area contributed by atoms with Crippen molar-refractivity contribution in [3.63, 3.8) is 0 Å². The van der Waals surface area contributed by atoms with Gasteiger partial charge in [-0.05, 0) is 61.9 Å². The summed E-state index contributed by atoms with van der Waals surface area (Å²) in [6.07, 6.45) is 3.73. The summed E-state index contributed by atoms with van der Waals surface area (Å²) < 4.78 is 21.0. The van der Waals surface area contributed by atoms with Crippen molar-refractivity contribution in [2.45, 2.75) is 20.4 Å². The molecule has 4 rings (SSSR count). The van der Waals surface area contributed by atoms with Crippen molar-refractivity contribution in [1.29, 1.82) is 0 Å². The van der Waals surface area contributed by atoms with E-state index in [1.54, 1.807) is 35.1 Å². The van der Waals surface area contributed by atoms with Gasteiger partial charge >= 0.3 is 0 Å². The molecule has 2 aromatic heterocycles. The molecule has 0 saturated carbocycles. The molecule has 0 aliphatic rings. The molecule has 0 spiro atoms. The van der Waals surface area contributed by atoms with E-state index in [0.717, 1.165) is 28.6 Å². The summed E-state index contributed by atoms with van der Waals surface area (Å²) >= 11 is 5.98. The Morgan fingerprint density at radius 2 is 1.97 bits per heavy atom. The highest BCUT2D eigenvalue weighted by molar-refractivity contribution is 6.34. The van der Waals surface area contributed by atoms with Gasteiger partial charge in [0.05, 0.1) is 23.3 Å². The minimum absolute atomic E-state index is 0.0718. The van der Waals surface area contributed by atoms with Crippen LogP contribution in [0.15, 0.2) is 59.3 Å². The largest absolute Gasteiger partial charge is 0.441 e. The molecule has 2 heterocycles. The van der Waals surface area contributed by atoms with Crippen LogP contribution in [0.4, 0.5) is 10.1 Å². The van der Waals surface area contributed by atoms with Gasteiger partial charge in [-0.3, -0.25) is 9.48 Å². The number of hydrogen-bond acceptors (Lipinski definition) is 4. The Morgan fingerprint density at radius 1 is 1.20 bits per heavy atom. The second kappa shape index (κ2) is 8.12. The summed E-state index contributed by atoms with van der Waals surface area (Å²) in [5.41, 5.74) is 3.25. The van der Waals surface area contributed by atoms with Gasteiger partial charge in [0.2, 0.25) is 5.89 Å². The molecule has 1 N–H and O–H groups in total. The van der Waals surface area contributed by atoms with Gasteiger partial charge in [0.15, 0.2) is 0 Å². The SMILES string of the molecule is Cc1cnn(Cc2nc(-c3ccc(NC(=O)c4cc(F)ccc4Cl)cc3)oc2C)c1. The van der Waals surface area contributed by atoms with E-state index in [9.17, 15) is 9.18 Å². The van der Waals surface area contributed by atoms with Gasteiger partial charge in [0.25, 0.3) is 5.91 Å². The van der Waals surface area contributed by atoms with E-state index in [1.165, 1.54) is 12.1 Å². The van der Waals surface area contributed by atoms with Crippen LogP contribution in [0.2, 0.25) is 5.02 Å². The maximum absolute atomic E-state index is 13.4. The number of carbonyl (C=O) groups excluding carboxylic acids is 1. The molecule has 8 heteroatoms. The number of aryl methyl sites for hydroxylation is 2. The Labute approximate surface area is 177 Å². The van der Waals surface area contributed by atoms with Crippen LogP contribution in [-0.4, -0.2) is 20.7 Å². The topological polar surface area (TPSA) is 73.0 Å². The normalized spacial score (nSPS) is 10.9. The average Bonchev–Trinajstić information content (AvgIpc) is 3.30. The minimum atomic E-state index is -0.528. The summed E-state index contributed by atoms with van der Waals surface area (Å²) in [4.78, 5) is 16.9. The van der Waals surface area contributed by atoms with Crippen LogP contribution in [0.5, 0.6) is 0 Å². The van der Waals surface area contributed by atoms with Gasteiger partial charge in [-0.15, -0.1) is 0 Å². The lowest BCUT2D eigenvalue weighted by molar-refractivity contribution is 0.102. The number of oxazole rings is 1. The first-order valence-corrected chi connectivity index (χ1v) is 9.59. The minimum Gasteiger partial charge on any atom is -0.441 e. The molecule has 0 radical (unpaired) electrons. The van der Waals surface area contributed by atoms with Gasteiger partial charge in [0, 0.05) is 17.4 Å². The molecular formula is C22H18ClFN4O2. The predicted octanol–water partition coefficient (Wildman–Crippen LogP) is 5.25. The molecule has 1 amide bonds. The zero-order chi connectivity index (χ0) is 21.3. The zero-order valence-corrected chi connectivity index (χ0v) is 17.1. The second-order valence-electron chi connectivity index (χ2n) is 6.89. The van der Waals surface area contributed by atoms with Crippen molar-refractivity contribution >= 4 is 23.2 Å². The third kappa shape index (κ3) is 4.26. The monoisotopic (exact) mass is 424 g/mol. The van der Waals surface area contributed by atoms with E-state index < -0.39 is 11.7 Å². The molecule has 0 aliphatic carbocycles. The van der Waals surface area contributed by atoms with E-state index in [-0.39, 0.29) is 10.6 Å². The van der Waals surface area contributed by atoms with Crippen LogP contribution in [-0.2, 0) is 6.54 Å². The lowest BCUT2D eigenvalue weighted by atomic mass is 10.1. The van der Waals surface area contributed by atoms with E-state index in [2.05, 4.69) is 15.4 Å². The molecule has 0 bridgehead atoms. The van der Waals surface area contributed by atoms with E-state index >= 15 is 0 Å². The predicted molar refractivity (Wildman–Crippen MR) is 112 cm³/mol. The molecule has 30 heavy (non-hydrogen) atoms. The summed E-state index contributed by atoms with van der Waals surface area (Å²) in [5.74, 6) is 0.185. The first-order chi connectivity index (χ1) is 14.4. The Kier molecular flexibility index (Phi) is 5.37. The molecule has 152 valence electrons. The van der Waals surface area contributed by atoms with Crippen molar-refractivity contribution in [2.75, 3.05) is 5.32 Å². The van der Waals surface area contributed by atoms with E-state index in [4.69, 9.17) is 16.0 Å². The number of nitrogens with one attached hydrogen (secondary N) is 1. The van der Waals surface area contributed by atoms with Crippen LogP contribution in [0, 0.1) is 19.7 Å². The lowest BCUT2D eigenvalue weighted by Crippen LogP contribution is -2.12. The van der Waals surface area contributed by atoms with Crippen molar-refractivity contribution in [2.24, 2.45) is 0 Å². The molecule has 0 aliphatic heterocycles. The lowest BCUT2D eigenvalue weighted by Gasteiger charge is -2.07. The number of hydrogen-bond donors (Lipinski definition) is 1. The molecule has 0 unspecified atom stereocenters. The summed E-state index contributed by atoms with van der Waals surface area (Å²) in [6, 6.07) is 10.7. The van der Waals surface area contributed by atoms with E-state index in [0.29, 0.717) is 18.1 Å². The number of amides is 1. The maximum Gasteiger partial charge on any atom is 0.257 e. The summed E-state index contributed by atoms with van der Waals surface area (Å²) in [7, 11) is 0. The fourth-order valence-corrected chi connectivity index (χ4v) is 3.17. The maximum atomic E-state index is 13.4. The van der Waals surface area contributed by atoms with Gasteiger partial charge in [-0.1, -0.05) is 11.6 Å². The van der Waals surface area contributed by atoms with Crippen LogP contribution in [0.3, 0.4) is 0 Å². The zero-order valence-electron chi connectivity index (χ0n) is 16.3. The summed E-state index contributed by atoms with van der Waals surface area (Å²) in [6.45, 7) is 4.36. The van der Waals surface area contributed by atoms with Crippen LogP contribution in [0.25, 0.3) is 11.5 Å². The Hall–Kier alpha value is -3.45. The number of carbonyl (C=O) groups is 1. The van der Waals surface area contributed by atoms with Crippen molar-refractivity contribution in [3.8, 4) is 11.5 Å². The van der Waals surface area contributed by atoms with Crippen LogP contribution >= 0.6 is 11.6 Å². The Balaban J connectivity index is 1.49. The van der Waals surface area contributed by atoms with Crippen molar-refractivity contribution < 1.29 is 13.6 Å². The number of aromatic nitrogens is 3. The smallest absolute Gasteiger partial charge is 0.257 e. The molecule has 0 atom stereocenters. The van der Waals surface area contributed by atoms with Gasteiger partial charge in [0.1, 0.15) is 17.3 Å². The molecule has 4 aromatic rings. The van der Waals surface area contributed by atoms with E-state index in [1.807, 2.05) is 20.0 Å². The highest BCUT2D eigenvalue weighted by Crippen LogP contribution is 2.25. The van der Waals surface area contributed by atoms with Crippen LogP contribution in [0.1, 0.15) is 27.4 Å². The third-order valence-corrected chi connectivity index (χ3v) is 4.86. The standard InChI is InChI=1S/C22H18ClFN4O2/c1-13-10-25-28(11-13)12-20-14(2)30-22(27-20)15-3-6-17(7-4-15)26-21(29)18-9-16(24)5-8-19(18)23/h3-11H,12H2,1-2H3,(H,26,29). The second-order valence-corrected chi connectivity index (χ2v) is 7.30. The quantitative estimate of drug-likeness (QED) is 0.475. The fourth-order valence-electron chi connectivity index (χ4n) is 2.97. The Morgan fingerprint density at radius 3 is 2.67 bits per heavy atom. The first-order valence-electron chi connectivity index (χ1n) is 9.21. The van der Waals surface area contributed by atoms with Crippen molar-refractivity contribution in [1.82, 2.24) is 14.8 Å². The van der Waals surface area contributed by atoms with Gasteiger partial charge in [-0.2, -0.15) is 5.10 Å². The van der Waals surface area contributed by atoms with Gasteiger partial charge < -0.3 is 9.73 Å². The molecular weight excluding hydrogens is 407 g/mol. The first kappa shape index (κ1) is 19.8. The number of anilines is 1. The molecule has 0 fully saturated rings. The fraction of sp³-hybridized carbons (Fsp3) is 0.136. The molecule has 6 nitrogen and oxygen atoms in total. The van der Waals surface area contributed by atoms with Gasteiger partial charge in [-0.25, -0.2) is 9.37 Å². The summed E-state index contributed by atoms with van der Waals surface area (Å²) in [5, 5.41) is 7.16. The average molecular weight is 425 g/mol. The van der Waals surface area contributed by atoms with Crippen molar-refractivity contribution in [3.05, 3.63) is 88.3 Å². The number of rotatable bonds is 5. The van der Waals surface area contributed by atoms with Crippen LogP contribution < -0.4 is 5.32 Å². The Bertz CT molecular complexity index is 1210. The molecule has 2 aromatic carbocycles. The third-order valence-electron chi connectivity index (χ3n) is 4.53. The molecule has 0 saturated heterocycles. The highest BCUT2D eigenvalue weighted by atomic mass is 35.5. The number of halogens is 2. The number of nitrogens with zero attached hydrogens (tertiary/aromatic N) is 3. The highest BCUT2D eigenvalue weighted by Gasteiger charge is 2.14. The number of benzene rings is 2.